The van der Waals surface area contributed by atoms with Gasteiger partial charge in [-0.3, -0.25) is 0 Å². The summed E-state index contributed by atoms with van der Waals surface area (Å²) in [5.41, 5.74) is 4.49. The van der Waals surface area contributed by atoms with Crippen LogP contribution >= 0.6 is 42.5 Å². The summed E-state index contributed by atoms with van der Waals surface area (Å²) in [5.74, 6) is 0.491. The molecule has 0 aliphatic carbocycles. The van der Waals surface area contributed by atoms with Crippen LogP contribution in [0, 0.1) is 11.6 Å². The predicted octanol–water partition coefficient (Wildman–Crippen LogP) is 8.66. The lowest BCUT2D eigenvalue weighted by Gasteiger charge is -2.12. The second-order valence-corrected chi connectivity index (χ2v) is 18.8. The first-order valence-electron chi connectivity index (χ1n) is 17.3. The maximum Gasteiger partial charge on any atom is 0.261 e. The van der Waals surface area contributed by atoms with Crippen LogP contribution in [-0.2, 0) is 32.2 Å². The van der Waals surface area contributed by atoms with Crippen LogP contribution in [0.15, 0.2) is 140 Å². The Labute approximate surface area is 358 Å². The van der Waals surface area contributed by atoms with Gasteiger partial charge in [0.05, 0.1) is 42.5 Å². The van der Waals surface area contributed by atoms with E-state index in [1.54, 1.807) is 106 Å². The van der Waals surface area contributed by atoms with Crippen molar-refractivity contribution in [3.8, 4) is 22.5 Å². The summed E-state index contributed by atoms with van der Waals surface area (Å²) in [6.07, 6.45) is 3.23. The highest BCUT2D eigenvalue weighted by Crippen LogP contribution is 2.29. The Morgan fingerprint density at radius 2 is 1.03 bits per heavy atom. The van der Waals surface area contributed by atoms with Crippen molar-refractivity contribution in [1.82, 2.24) is 33.9 Å². The first-order valence-corrected chi connectivity index (χ1v) is 22.7. The Balaban J connectivity index is 0.000000179. The Morgan fingerprint density at radius 3 is 1.42 bits per heavy atom. The number of hydrogen-bond donors (Lipinski definition) is 3. The van der Waals surface area contributed by atoms with E-state index in [0.717, 1.165) is 11.1 Å². The fourth-order valence-electron chi connectivity index (χ4n) is 5.80. The molecule has 8 aromatic rings. The number of aromatic nitrogens is 6. The maximum absolute atomic E-state index is 14.3. The van der Waals surface area contributed by atoms with E-state index in [4.69, 9.17) is 10.7 Å². The smallest absolute Gasteiger partial charge is 0.261 e. The third-order valence-electron chi connectivity index (χ3n) is 8.81. The molecule has 0 fully saturated rings. The first-order chi connectivity index (χ1) is 28.2. The van der Waals surface area contributed by atoms with Gasteiger partial charge in [-0.2, -0.15) is 19.2 Å². The van der Waals surface area contributed by atoms with Crippen LogP contribution in [-0.4, -0.2) is 53.1 Å². The second-order valence-electron chi connectivity index (χ2n) is 12.6. The Bertz CT molecular complexity index is 3050. The van der Waals surface area contributed by atoms with E-state index in [2.05, 4.69) is 67.4 Å². The molecule has 302 valence electrons. The van der Waals surface area contributed by atoms with Crippen molar-refractivity contribution >= 4 is 84.5 Å². The van der Waals surface area contributed by atoms with Crippen LogP contribution in [0.2, 0.25) is 0 Å². The molecule has 0 spiro atoms. The molecule has 13 nitrogen and oxygen atoms in total. The molecule has 8 rings (SSSR count). The lowest BCUT2D eigenvalue weighted by atomic mass is 10.1. The zero-order chi connectivity index (χ0) is 41.9. The number of fused-ring (bicyclic) bond motifs is 2. The van der Waals surface area contributed by atoms with Gasteiger partial charge in [0, 0.05) is 47.0 Å². The molecule has 0 bridgehead atoms. The minimum absolute atomic E-state index is 0.0343. The molecule has 4 aromatic carbocycles. The highest BCUT2D eigenvalue weighted by atomic mass is 79.9. The van der Waals surface area contributed by atoms with Crippen LogP contribution in [0.3, 0.4) is 0 Å². The molecule has 0 saturated carbocycles. The Kier molecular flexibility index (Phi) is 12.4. The molecule has 59 heavy (non-hydrogen) atoms. The minimum Gasteiger partial charge on any atom is -0.366 e. The summed E-state index contributed by atoms with van der Waals surface area (Å²) in [7, 11) is -0.534. The van der Waals surface area contributed by atoms with Gasteiger partial charge in [-0.05, 0) is 98.6 Å². The summed E-state index contributed by atoms with van der Waals surface area (Å²) in [5, 5.41) is 15.1. The van der Waals surface area contributed by atoms with E-state index < -0.39 is 19.1 Å². The van der Waals surface area contributed by atoms with Gasteiger partial charge in [0.2, 0.25) is 10.0 Å². The average Bonchev–Trinajstić information content (AvgIpc) is 3.81. The Hall–Kier alpha value is -5.31. The van der Waals surface area contributed by atoms with Crippen LogP contribution in [0.5, 0.6) is 0 Å². The summed E-state index contributed by atoms with van der Waals surface area (Å²) in [4.78, 5) is 9.27. The molecule has 0 radical (unpaired) electrons. The monoisotopic (exact) mass is 983 g/mol. The summed E-state index contributed by atoms with van der Waals surface area (Å²) >= 11 is 6.84. The van der Waals surface area contributed by atoms with Crippen molar-refractivity contribution in [2.24, 2.45) is 0 Å². The lowest BCUT2D eigenvalue weighted by Crippen LogP contribution is -2.18. The van der Waals surface area contributed by atoms with E-state index in [-0.39, 0.29) is 21.4 Å². The minimum atomic E-state index is -3.76. The summed E-state index contributed by atoms with van der Waals surface area (Å²) in [6, 6.07) is 29.0. The summed E-state index contributed by atoms with van der Waals surface area (Å²) < 4.78 is 81.9. The topological polar surface area (TPSA) is 165 Å². The highest BCUT2D eigenvalue weighted by molar-refractivity contribution is 9.11. The first kappa shape index (κ1) is 41.8. The quantitative estimate of drug-likeness (QED) is 0.107. The van der Waals surface area contributed by atoms with E-state index in [0.29, 0.717) is 67.5 Å². The largest absolute Gasteiger partial charge is 0.366 e. The molecule has 0 atom stereocenters. The van der Waals surface area contributed by atoms with E-state index in [9.17, 15) is 25.6 Å². The van der Waals surface area contributed by atoms with Gasteiger partial charge in [-0.15, -0.1) is 0 Å². The van der Waals surface area contributed by atoms with Gasteiger partial charge >= 0.3 is 0 Å². The van der Waals surface area contributed by atoms with Gasteiger partial charge in [0.15, 0.2) is 11.3 Å². The normalized spacial score (nSPS) is 11.7. The zero-order valence-corrected chi connectivity index (χ0v) is 36.0. The van der Waals surface area contributed by atoms with Gasteiger partial charge in [-0.1, -0.05) is 48.5 Å². The van der Waals surface area contributed by atoms with E-state index in [1.165, 1.54) is 31.3 Å². The van der Waals surface area contributed by atoms with Gasteiger partial charge < -0.3 is 10.6 Å². The fourth-order valence-corrected chi connectivity index (χ4v) is 7.99. The van der Waals surface area contributed by atoms with Crippen molar-refractivity contribution in [2.45, 2.75) is 22.9 Å². The predicted molar refractivity (Wildman–Crippen MR) is 229 cm³/mol. The molecule has 0 saturated heterocycles. The molecule has 4 heterocycles. The number of benzene rings is 4. The Morgan fingerprint density at radius 1 is 0.627 bits per heavy atom. The summed E-state index contributed by atoms with van der Waals surface area (Å²) in [6.45, 7) is 0.795. The van der Waals surface area contributed by atoms with Crippen molar-refractivity contribution in [3.63, 3.8) is 0 Å². The van der Waals surface area contributed by atoms with E-state index >= 15 is 0 Å². The van der Waals surface area contributed by atoms with Crippen molar-refractivity contribution in [1.29, 1.82) is 0 Å². The van der Waals surface area contributed by atoms with Crippen LogP contribution < -0.4 is 15.4 Å². The van der Waals surface area contributed by atoms with Crippen molar-refractivity contribution < 1.29 is 25.6 Å². The lowest BCUT2D eigenvalue weighted by molar-refractivity contribution is 0.588. The molecule has 3 N–H and O–H groups in total. The molecule has 0 amide bonds. The molecule has 0 unspecified atom stereocenters. The third-order valence-corrected chi connectivity index (χ3v) is 12.7. The van der Waals surface area contributed by atoms with Gasteiger partial charge in [0.25, 0.3) is 9.05 Å². The molecular weight excluding hydrogens is 956 g/mol. The molecule has 4 aromatic heterocycles. The zero-order valence-electron chi connectivity index (χ0n) is 30.5. The van der Waals surface area contributed by atoms with Crippen molar-refractivity contribution in [3.05, 3.63) is 153 Å². The third kappa shape index (κ3) is 9.45. The van der Waals surface area contributed by atoms with Gasteiger partial charge in [0.1, 0.15) is 23.3 Å². The fraction of sp³-hybridized carbons (Fsp3) is 0.0769. The number of nitrogens with one attached hydrogen (secondary N) is 3. The van der Waals surface area contributed by atoms with Crippen LogP contribution in [0.1, 0.15) is 11.1 Å². The maximum atomic E-state index is 14.3. The molecule has 0 aliphatic heterocycles. The molecule has 0 aliphatic rings. The highest BCUT2D eigenvalue weighted by Gasteiger charge is 2.17. The standard InChI is InChI=1S/C20H17BrFN5O2S.C19H13BrClFN4O2S/c1-23-30(28,29)14-8-6-13(7-9-14)11-24-19-10-18(15-4-2-3-5-17(15)22)26-20-16(21)12-25-27(19)20;20-15-11-24-26-18(23-10-12-5-7-13(8-6-12)29(21,27)28)9-17(25-19(15)26)14-3-1-2-4-16(14)22/h2-10,12,23-24H,11H2,1H3;1-9,11,23H,10H2. The van der Waals surface area contributed by atoms with Crippen LogP contribution in [0.25, 0.3) is 33.8 Å². The second kappa shape index (κ2) is 17.5. The van der Waals surface area contributed by atoms with E-state index in [1.807, 2.05) is 0 Å². The number of nitrogens with zero attached hydrogens (tertiary/aromatic N) is 6. The molecule has 20 heteroatoms. The number of rotatable bonds is 11. The number of hydrogen-bond acceptors (Lipinski definition) is 10. The SMILES string of the molecule is CNS(=O)(=O)c1ccc(CNc2cc(-c3ccccc3F)nc3c(Br)cnn23)cc1.O=S(=O)(Cl)c1ccc(CNc2cc(-c3ccccc3F)nc3c(Br)cnn23)cc1. The average molecular weight is 986 g/mol. The molecular formula is C39H30Br2ClF2N9O4S2. The number of anilines is 2. The van der Waals surface area contributed by atoms with Gasteiger partial charge in [-0.25, -0.2) is 40.3 Å². The number of halogens is 5. The number of sulfonamides is 1. The van der Waals surface area contributed by atoms with Crippen LogP contribution in [0.4, 0.5) is 20.4 Å². The van der Waals surface area contributed by atoms with Crippen molar-refractivity contribution in [2.75, 3.05) is 17.7 Å².